The standard InChI is InChI=1S/C30H36O5S/c1-20(2)22-15-16-24(21-10-6-7-11-21)26(18-22)36-28-25(31)19-30(35-29(28)34,17-9-8-14-27(32)33)23-12-4-3-5-13-23/h3-5,12-13,15-16,18,20-21,31H,6-11,14,17,19H2,1-2H3,(H,32,33). The van der Waals surface area contributed by atoms with E-state index in [9.17, 15) is 14.7 Å². The Bertz CT molecular complexity index is 1120. The number of hydrogen-bond acceptors (Lipinski definition) is 5. The van der Waals surface area contributed by atoms with E-state index in [2.05, 4.69) is 32.0 Å². The van der Waals surface area contributed by atoms with E-state index in [-0.39, 0.29) is 23.5 Å². The van der Waals surface area contributed by atoms with Crippen molar-refractivity contribution in [3.05, 3.63) is 75.9 Å². The number of aliphatic carboxylic acids is 1. The quantitative estimate of drug-likeness (QED) is 0.251. The maximum Gasteiger partial charge on any atom is 0.349 e. The number of ether oxygens (including phenoxy) is 1. The van der Waals surface area contributed by atoms with Crippen LogP contribution in [0.25, 0.3) is 0 Å². The molecule has 2 aliphatic rings. The lowest BCUT2D eigenvalue weighted by molar-refractivity contribution is -0.160. The zero-order valence-corrected chi connectivity index (χ0v) is 22.0. The Hall–Kier alpha value is -2.73. The van der Waals surface area contributed by atoms with Gasteiger partial charge in [-0.1, -0.05) is 80.9 Å². The fourth-order valence-corrected chi connectivity index (χ4v) is 6.47. The highest BCUT2D eigenvalue weighted by atomic mass is 32.2. The number of hydrogen-bond donors (Lipinski definition) is 2. The van der Waals surface area contributed by atoms with Crippen molar-refractivity contribution in [1.29, 1.82) is 0 Å². The summed E-state index contributed by atoms with van der Waals surface area (Å²) >= 11 is 1.33. The number of benzene rings is 2. The van der Waals surface area contributed by atoms with Gasteiger partial charge in [-0.25, -0.2) is 4.79 Å². The Labute approximate surface area is 218 Å². The summed E-state index contributed by atoms with van der Waals surface area (Å²) in [5.74, 6) is -0.468. The number of aliphatic hydroxyl groups is 1. The van der Waals surface area contributed by atoms with E-state index in [0.29, 0.717) is 31.1 Å². The first-order chi connectivity index (χ1) is 17.3. The number of aliphatic hydroxyl groups excluding tert-OH is 1. The summed E-state index contributed by atoms with van der Waals surface area (Å²) in [5.41, 5.74) is 2.28. The third-order valence-electron chi connectivity index (χ3n) is 7.42. The zero-order chi connectivity index (χ0) is 25.7. The largest absolute Gasteiger partial charge is 0.511 e. The molecule has 1 saturated carbocycles. The molecule has 6 heteroatoms. The van der Waals surface area contributed by atoms with Crippen LogP contribution in [0.15, 0.2) is 64.1 Å². The molecule has 36 heavy (non-hydrogen) atoms. The van der Waals surface area contributed by atoms with Crippen LogP contribution < -0.4 is 0 Å². The lowest BCUT2D eigenvalue weighted by Crippen LogP contribution is -2.37. The molecule has 2 aromatic rings. The monoisotopic (exact) mass is 508 g/mol. The highest BCUT2D eigenvalue weighted by Gasteiger charge is 2.43. The van der Waals surface area contributed by atoms with Gasteiger partial charge in [-0.2, -0.15) is 0 Å². The van der Waals surface area contributed by atoms with Gasteiger partial charge in [-0.15, -0.1) is 0 Å². The molecule has 4 rings (SSSR count). The minimum atomic E-state index is -1.00. The predicted octanol–water partition coefficient (Wildman–Crippen LogP) is 7.82. The van der Waals surface area contributed by atoms with Crippen LogP contribution in [0, 0.1) is 0 Å². The predicted molar refractivity (Wildman–Crippen MR) is 142 cm³/mol. The fraction of sp³-hybridized carbons (Fsp3) is 0.467. The highest BCUT2D eigenvalue weighted by molar-refractivity contribution is 8.04. The first-order valence-electron chi connectivity index (χ1n) is 13.0. The Morgan fingerprint density at radius 3 is 2.47 bits per heavy atom. The first kappa shape index (κ1) is 26.3. The van der Waals surface area contributed by atoms with Gasteiger partial charge >= 0.3 is 11.9 Å². The molecule has 1 atom stereocenters. The van der Waals surface area contributed by atoms with Crippen LogP contribution in [0.4, 0.5) is 0 Å². The van der Waals surface area contributed by atoms with Gasteiger partial charge < -0.3 is 14.9 Å². The molecule has 1 fully saturated rings. The molecule has 1 aliphatic carbocycles. The van der Waals surface area contributed by atoms with E-state index in [4.69, 9.17) is 9.84 Å². The van der Waals surface area contributed by atoms with Crippen molar-refractivity contribution in [3.63, 3.8) is 0 Å². The maximum absolute atomic E-state index is 13.4. The molecule has 0 spiro atoms. The molecule has 1 aliphatic heterocycles. The summed E-state index contributed by atoms with van der Waals surface area (Å²) < 4.78 is 6.14. The second-order valence-electron chi connectivity index (χ2n) is 10.3. The molecule has 5 nitrogen and oxygen atoms in total. The SMILES string of the molecule is CC(C)c1ccc(C2CCCC2)c(SC2=C(O)CC(CCCCC(=O)O)(c3ccccc3)OC2=O)c1. The van der Waals surface area contributed by atoms with Crippen LogP contribution in [-0.2, 0) is 19.9 Å². The summed E-state index contributed by atoms with van der Waals surface area (Å²) in [7, 11) is 0. The van der Waals surface area contributed by atoms with Gasteiger partial charge in [0.25, 0.3) is 0 Å². The van der Waals surface area contributed by atoms with E-state index in [1.807, 2.05) is 30.3 Å². The topological polar surface area (TPSA) is 83.8 Å². The molecule has 2 aromatic carbocycles. The number of carbonyl (C=O) groups is 2. The van der Waals surface area contributed by atoms with E-state index < -0.39 is 17.5 Å². The second kappa shape index (κ2) is 11.5. The van der Waals surface area contributed by atoms with E-state index >= 15 is 0 Å². The van der Waals surface area contributed by atoms with Gasteiger partial charge in [0.05, 0.1) is 6.42 Å². The highest BCUT2D eigenvalue weighted by Crippen LogP contribution is 2.48. The lowest BCUT2D eigenvalue weighted by Gasteiger charge is -2.37. The molecular formula is C30H36O5S. The Morgan fingerprint density at radius 2 is 1.83 bits per heavy atom. The molecule has 1 heterocycles. The molecule has 0 aromatic heterocycles. The van der Waals surface area contributed by atoms with Crippen LogP contribution in [0.5, 0.6) is 0 Å². The summed E-state index contributed by atoms with van der Waals surface area (Å²) in [5, 5.41) is 20.3. The number of esters is 1. The molecule has 1 unspecified atom stereocenters. The molecular weight excluding hydrogens is 472 g/mol. The number of carboxylic acid groups (broad SMARTS) is 1. The molecule has 192 valence electrons. The molecule has 0 bridgehead atoms. The van der Waals surface area contributed by atoms with Crippen molar-refractivity contribution in [1.82, 2.24) is 0 Å². The van der Waals surface area contributed by atoms with Gasteiger partial charge in [-0.05, 0) is 66.7 Å². The third-order valence-corrected chi connectivity index (χ3v) is 8.60. The second-order valence-corrected chi connectivity index (χ2v) is 11.4. The maximum atomic E-state index is 13.4. The Balaban J connectivity index is 1.64. The number of carboxylic acids is 1. The first-order valence-corrected chi connectivity index (χ1v) is 13.8. The number of thioether (sulfide) groups is 1. The number of cyclic esters (lactones) is 1. The van der Waals surface area contributed by atoms with Crippen molar-refractivity contribution < 1.29 is 24.5 Å². The van der Waals surface area contributed by atoms with Crippen LogP contribution in [0.2, 0.25) is 0 Å². The smallest absolute Gasteiger partial charge is 0.349 e. The zero-order valence-electron chi connectivity index (χ0n) is 21.2. The van der Waals surface area contributed by atoms with E-state index in [1.165, 1.54) is 35.7 Å². The molecule has 0 radical (unpaired) electrons. The number of rotatable bonds is 10. The van der Waals surface area contributed by atoms with Gasteiger partial charge in [0.15, 0.2) is 0 Å². The van der Waals surface area contributed by atoms with Crippen molar-refractivity contribution in [2.75, 3.05) is 0 Å². The molecule has 0 saturated heterocycles. The minimum Gasteiger partial charge on any atom is -0.511 e. The van der Waals surface area contributed by atoms with Crippen LogP contribution in [0.3, 0.4) is 0 Å². The van der Waals surface area contributed by atoms with E-state index in [0.717, 1.165) is 23.3 Å². The van der Waals surface area contributed by atoms with Gasteiger partial charge in [-0.3, -0.25) is 4.79 Å². The number of carbonyl (C=O) groups excluding carboxylic acids is 1. The van der Waals surface area contributed by atoms with Crippen molar-refractivity contribution >= 4 is 23.7 Å². The van der Waals surface area contributed by atoms with Crippen LogP contribution in [-0.4, -0.2) is 22.2 Å². The normalized spacial score (nSPS) is 20.7. The van der Waals surface area contributed by atoms with Gasteiger partial charge in [0.1, 0.15) is 16.3 Å². The summed E-state index contributed by atoms with van der Waals surface area (Å²) in [6.07, 6.45) is 6.50. The summed E-state index contributed by atoms with van der Waals surface area (Å²) in [6.45, 7) is 4.31. The average Bonchev–Trinajstić information content (AvgIpc) is 3.39. The Morgan fingerprint density at radius 1 is 1.11 bits per heavy atom. The van der Waals surface area contributed by atoms with Crippen molar-refractivity contribution in [3.8, 4) is 0 Å². The molecule has 2 N–H and O–H groups in total. The molecule has 0 amide bonds. The minimum absolute atomic E-state index is 0.0469. The average molecular weight is 509 g/mol. The lowest BCUT2D eigenvalue weighted by atomic mass is 9.83. The summed E-state index contributed by atoms with van der Waals surface area (Å²) in [4.78, 5) is 25.7. The van der Waals surface area contributed by atoms with Crippen molar-refractivity contribution in [2.45, 2.75) is 94.0 Å². The third kappa shape index (κ3) is 5.97. The van der Waals surface area contributed by atoms with Crippen LogP contribution in [0.1, 0.15) is 100 Å². The van der Waals surface area contributed by atoms with E-state index in [1.54, 1.807) is 0 Å². The number of unbranched alkanes of at least 4 members (excludes halogenated alkanes) is 1. The Kier molecular flexibility index (Phi) is 8.45. The summed E-state index contributed by atoms with van der Waals surface area (Å²) in [6, 6.07) is 16.0. The van der Waals surface area contributed by atoms with Gasteiger partial charge in [0, 0.05) is 11.3 Å². The van der Waals surface area contributed by atoms with Crippen molar-refractivity contribution in [2.24, 2.45) is 0 Å². The fourth-order valence-electron chi connectivity index (χ4n) is 5.38. The van der Waals surface area contributed by atoms with Crippen LogP contribution >= 0.6 is 11.8 Å². The van der Waals surface area contributed by atoms with Gasteiger partial charge in [0.2, 0.25) is 0 Å².